The summed E-state index contributed by atoms with van der Waals surface area (Å²) in [5.74, 6) is -0.0320. The van der Waals surface area contributed by atoms with Crippen LogP contribution in [0.4, 0.5) is 5.69 Å². The molecular weight excluding hydrogens is 316 g/mol. The van der Waals surface area contributed by atoms with Gasteiger partial charge in [-0.25, -0.2) is 0 Å². The molecule has 2 aliphatic rings. The highest BCUT2D eigenvalue weighted by atomic mass is 16.2. The number of nitrogens with one attached hydrogen (secondary N) is 1. The predicted octanol–water partition coefficient (Wildman–Crippen LogP) is 2.42. The molecule has 0 saturated carbocycles. The molecule has 1 saturated heterocycles. The second kappa shape index (κ2) is 6.02. The number of fused-ring (bicyclic) bond motifs is 2. The summed E-state index contributed by atoms with van der Waals surface area (Å²) in [6.07, 6.45) is 4.17. The van der Waals surface area contributed by atoms with E-state index >= 15 is 0 Å². The number of likely N-dealkylation sites (tertiary alicyclic amines) is 1. The third-order valence-corrected chi connectivity index (χ3v) is 5.28. The van der Waals surface area contributed by atoms with Gasteiger partial charge >= 0.3 is 0 Å². The topological polar surface area (TPSA) is 67.2 Å². The van der Waals surface area contributed by atoms with Crippen LogP contribution >= 0.6 is 0 Å². The average molecular weight is 338 g/mol. The summed E-state index contributed by atoms with van der Waals surface area (Å²) in [6, 6.07) is 9.58. The predicted molar refractivity (Wildman–Crippen MR) is 94.4 cm³/mol. The lowest BCUT2D eigenvalue weighted by Gasteiger charge is -2.39. The molecule has 0 bridgehead atoms. The number of carbonyl (C=O) groups excluding carboxylic acids is 2. The molecule has 1 spiro atoms. The minimum Gasteiger partial charge on any atom is -0.336 e. The van der Waals surface area contributed by atoms with Gasteiger partial charge < -0.3 is 10.2 Å². The van der Waals surface area contributed by atoms with Gasteiger partial charge in [-0.05, 0) is 37.0 Å². The van der Waals surface area contributed by atoms with E-state index < -0.39 is 5.41 Å². The molecule has 6 heteroatoms. The molecule has 130 valence electrons. The molecular formula is C19H22N4O2. The maximum Gasteiger partial charge on any atom is 0.272 e. The van der Waals surface area contributed by atoms with Crippen LogP contribution in [0.5, 0.6) is 0 Å². The number of hydrogen-bond acceptors (Lipinski definition) is 3. The maximum atomic E-state index is 13.0. The van der Waals surface area contributed by atoms with Gasteiger partial charge in [0, 0.05) is 31.5 Å². The molecule has 6 nitrogen and oxygen atoms in total. The third kappa shape index (κ3) is 2.44. The second-order valence-electron chi connectivity index (χ2n) is 6.85. The van der Waals surface area contributed by atoms with E-state index in [0.29, 0.717) is 18.8 Å². The number of amides is 2. The Morgan fingerprint density at radius 2 is 2.16 bits per heavy atom. The smallest absolute Gasteiger partial charge is 0.272 e. The van der Waals surface area contributed by atoms with Gasteiger partial charge in [-0.1, -0.05) is 25.1 Å². The van der Waals surface area contributed by atoms with Crippen molar-refractivity contribution in [1.29, 1.82) is 0 Å². The van der Waals surface area contributed by atoms with Gasteiger partial charge in [-0.15, -0.1) is 0 Å². The number of rotatable bonds is 3. The number of hydrogen-bond donors (Lipinski definition) is 1. The van der Waals surface area contributed by atoms with Crippen molar-refractivity contribution in [3.05, 3.63) is 47.8 Å². The molecule has 4 rings (SSSR count). The van der Waals surface area contributed by atoms with Gasteiger partial charge in [-0.2, -0.15) is 5.10 Å². The lowest BCUT2D eigenvalue weighted by atomic mass is 9.75. The molecule has 0 radical (unpaired) electrons. The largest absolute Gasteiger partial charge is 0.336 e. The number of aromatic nitrogens is 2. The average Bonchev–Trinajstić information content (AvgIpc) is 3.19. The van der Waals surface area contributed by atoms with Crippen LogP contribution < -0.4 is 5.32 Å². The Hall–Kier alpha value is -2.63. The number of carbonyl (C=O) groups is 2. The Labute approximate surface area is 146 Å². The zero-order valence-electron chi connectivity index (χ0n) is 14.4. The van der Waals surface area contributed by atoms with Crippen molar-refractivity contribution in [2.24, 2.45) is 0 Å². The van der Waals surface area contributed by atoms with Crippen LogP contribution in [0.25, 0.3) is 0 Å². The van der Waals surface area contributed by atoms with E-state index in [1.54, 1.807) is 16.9 Å². The molecule has 2 aromatic rings. The Balaban J connectivity index is 1.65. The van der Waals surface area contributed by atoms with Crippen molar-refractivity contribution in [2.45, 2.75) is 38.1 Å². The highest BCUT2D eigenvalue weighted by Crippen LogP contribution is 2.43. The van der Waals surface area contributed by atoms with Gasteiger partial charge in [0.25, 0.3) is 5.91 Å². The molecule has 1 aromatic carbocycles. The van der Waals surface area contributed by atoms with Crippen molar-refractivity contribution < 1.29 is 9.59 Å². The van der Waals surface area contributed by atoms with Crippen molar-refractivity contribution in [3.63, 3.8) is 0 Å². The maximum absolute atomic E-state index is 13.0. The highest BCUT2D eigenvalue weighted by molar-refractivity contribution is 6.07. The minimum atomic E-state index is -0.625. The first-order valence-electron chi connectivity index (χ1n) is 8.88. The van der Waals surface area contributed by atoms with Gasteiger partial charge in [0.1, 0.15) is 5.69 Å². The van der Waals surface area contributed by atoms with Gasteiger partial charge in [-0.3, -0.25) is 14.3 Å². The van der Waals surface area contributed by atoms with E-state index in [0.717, 1.165) is 37.1 Å². The minimum absolute atomic E-state index is 0.00765. The number of benzene rings is 1. The van der Waals surface area contributed by atoms with Crippen molar-refractivity contribution in [1.82, 2.24) is 14.7 Å². The molecule has 1 atom stereocenters. The van der Waals surface area contributed by atoms with E-state index in [1.807, 2.05) is 29.2 Å². The molecule has 1 fully saturated rings. The lowest BCUT2D eigenvalue weighted by molar-refractivity contribution is -0.122. The monoisotopic (exact) mass is 338 g/mol. The molecule has 1 N–H and O–H groups in total. The normalized spacial score (nSPS) is 22.1. The fourth-order valence-corrected chi connectivity index (χ4v) is 4.07. The standard InChI is InChI=1S/C19H22N4O2/c1-2-11-23-16(8-10-20-23)17(24)22-12-5-9-19(13-22)14-6-3-4-7-15(14)21-18(19)25/h3-4,6-8,10H,2,5,9,11-13H2,1H3,(H,21,25). The first-order chi connectivity index (χ1) is 12.2. The van der Waals surface area contributed by atoms with Gasteiger partial charge in [0.05, 0.1) is 5.41 Å². The molecule has 2 amide bonds. The summed E-state index contributed by atoms with van der Waals surface area (Å²) in [4.78, 5) is 27.6. The zero-order valence-corrected chi connectivity index (χ0v) is 14.4. The van der Waals surface area contributed by atoms with Gasteiger partial charge in [0.15, 0.2) is 0 Å². The summed E-state index contributed by atoms with van der Waals surface area (Å²) in [7, 11) is 0. The number of anilines is 1. The SMILES string of the molecule is CCCn1nccc1C(=O)N1CCCC2(C1)C(=O)Nc1ccccc12. The zero-order chi connectivity index (χ0) is 17.4. The summed E-state index contributed by atoms with van der Waals surface area (Å²) in [5.41, 5.74) is 1.86. The van der Waals surface area contributed by atoms with Gasteiger partial charge in [0.2, 0.25) is 5.91 Å². The van der Waals surface area contributed by atoms with Crippen LogP contribution in [0.15, 0.2) is 36.5 Å². The molecule has 25 heavy (non-hydrogen) atoms. The number of aryl methyl sites for hydroxylation is 1. The summed E-state index contributed by atoms with van der Waals surface area (Å²) in [5, 5.41) is 7.24. The van der Waals surface area contributed by atoms with Crippen molar-refractivity contribution in [3.8, 4) is 0 Å². The Kier molecular flexibility index (Phi) is 3.82. The Morgan fingerprint density at radius 1 is 1.32 bits per heavy atom. The second-order valence-corrected chi connectivity index (χ2v) is 6.85. The fraction of sp³-hybridized carbons (Fsp3) is 0.421. The molecule has 3 heterocycles. The van der Waals surface area contributed by atoms with Crippen LogP contribution in [-0.2, 0) is 16.8 Å². The Morgan fingerprint density at radius 3 is 3.00 bits per heavy atom. The summed E-state index contributed by atoms with van der Waals surface area (Å²) < 4.78 is 1.76. The van der Waals surface area contributed by atoms with E-state index in [-0.39, 0.29) is 11.8 Å². The highest BCUT2D eigenvalue weighted by Gasteiger charge is 2.50. The third-order valence-electron chi connectivity index (χ3n) is 5.28. The summed E-state index contributed by atoms with van der Waals surface area (Å²) >= 11 is 0. The van der Waals surface area contributed by atoms with Crippen LogP contribution in [0, 0.1) is 0 Å². The van der Waals surface area contributed by atoms with E-state index in [2.05, 4.69) is 17.3 Å². The van der Waals surface area contributed by atoms with Crippen LogP contribution in [-0.4, -0.2) is 39.6 Å². The first-order valence-corrected chi connectivity index (χ1v) is 8.88. The van der Waals surface area contributed by atoms with Crippen molar-refractivity contribution >= 4 is 17.5 Å². The Bertz CT molecular complexity index is 828. The first kappa shape index (κ1) is 15.9. The van der Waals surface area contributed by atoms with E-state index in [4.69, 9.17) is 0 Å². The number of piperidine rings is 1. The molecule has 1 unspecified atom stereocenters. The fourth-order valence-electron chi connectivity index (χ4n) is 4.07. The molecule has 1 aromatic heterocycles. The molecule has 0 aliphatic carbocycles. The van der Waals surface area contributed by atoms with Crippen LogP contribution in [0.3, 0.4) is 0 Å². The quantitative estimate of drug-likeness (QED) is 0.934. The van der Waals surface area contributed by atoms with Crippen LogP contribution in [0.2, 0.25) is 0 Å². The van der Waals surface area contributed by atoms with Crippen molar-refractivity contribution in [2.75, 3.05) is 18.4 Å². The van der Waals surface area contributed by atoms with E-state index in [1.165, 1.54) is 0 Å². The number of para-hydroxylation sites is 1. The van der Waals surface area contributed by atoms with Crippen LogP contribution in [0.1, 0.15) is 42.2 Å². The summed E-state index contributed by atoms with van der Waals surface area (Å²) in [6.45, 7) is 3.88. The lowest BCUT2D eigenvalue weighted by Crippen LogP contribution is -2.52. The number of nitrogens with zero attached hydrogens (tertiary/aromatic N) is 3. The molecule has 2 aliphatic heterocycles. The van der Waals surface area contributed by atoms with E-state index in [9.17, 15) is 9.59 Å².